The van der Waals surface area contributed by atoms with E-state index in [1.807, 2.05) is 45.0 Å². The summed E-state index contributed by atoms with van der Waals surface area (Å²) >= 11 is 9.63. The maximum Gasteiger partial charge on any atom is 0.410 e. The van der Waals surface area contributed by atoms with Crippen LogP contribution in [-0.4, -0.2) is 58.0 Å². The van der Waals surface area contributed by atoms with Crippen LogP contribution in [0.3, 0.4) is 0 Å². The third-order valence-corrected chi connectivity index (χ3v) is 6.85. The molecule has 4 rings (SSSR count). The second-order valence-electron chi connectivity index (χ2n) is 9.35. The molecule has 0 N–H and O–H groups in total. The Morgan fingerprint density at radius 1 is 1.30 bits per heavy atom. The number of para-hydroxylation sites is 1. The van der Waals surface area contributed by atoms with E-state index < -0.39 is 17.6 Å². The van der Waals surface area contributed by atoms with Gasteiger partial charge in [-0.3, -0.25) is 0 Å². The minimum Gasteiger partial charge on any atom is -0.461 e. The average Bonchev–Trinajstić information content (AvgIpc) is 3.09. The third-order valence-electron chi connectivity index (χ3n) is 5.87. The zero-order chi connectivity index (χ0) is 24.0. The largest absolute Gasteiger partial charge is 0.461 e. The van der Waals surface area contributed by atoms with Crippen LogP contribution in [0.15, 0.2) is 40.0 Å². The molecule has 0 saturated carbocycles. The van der Waals surface area contributed by atoms with Gasteiger partial charge in [0.15, 0.2) is 11.1 Å². The molecule has 3 heterocycles. The molecule has 0 bridgehead atoms. The van der Waals surface area contributed by atoms with Crippen LogP contribution in [0.25, 0.3) is 0 Å². The first-order valence-electron chi connectivity index (χ1n) is 11.1. The molecule has 1 amide bonds. The molecule has 10 heteroatoms. The van der Waals surface area contributed by atoms with Crippen LogP contribution in [0.2, 0.25) is 0 Å². The molecule has 1 saturated heterocycles. The minimum absolute atomic E-state index is 0.118. The fourth-order valence-electron chi connectivity index (χ4n) is 4.53. The first kappa shape index (κ1) is 24.0. The van der Waals surface area contributed by atoms with Gasteiger partial charge < -0.3 is 19.1 Å². The Balaban J connectivity index is 1.74. The van der Waals surface area contributed by atoms with Gasteiger partial charge in [0.1, 0.15) is 23.0 Å². The van der Waals surface area contributed by atoms with Crippen LogP contribution < -0.4 is 4.74 Å². The van der Waals surface area contributed by atoms with Gasteiger partial charge in [-0.15, -0.1) is 16.6 Å². The number of hydrogen-bond acceptors (Lipinski definition) is 8. The second-order valence-corrected chi connectivity index (χ2v) is 10.4. The lowest BCUT2D eigenvalue weighted by Gasteiger charge is -2.42. The predicted octanol–water partition coefficient (Wildman–Crippen LogP) is 4.26. The molecule has 1 fully saturated rings. The first-order chi connectivity index (χ1) is 15.5. The highest BCUT2D eigenvalue weighted by molar-refractivity contribution is 7.84. The summed E-state index contributed by atoms with van der Waals surface area (Å²) in [7, 11) is 0. The van der Waals surface area contributed by atoms with Crippen molar-refractivity contribution >= 4 is 43.2 Å². The number of carbonyl (C=O) groups is 2. The summed E-state index contributed by atoms with van der Waals surface area (Å²) in [5, 5.41) is 5.11. The van der Waals surface area contributed by atoms with Gasteiger partial charge in [0, 0.05) is 13.0 Å². The summed E-state index contributed by atoms with van der Waals surface area (Å²) in [6, 6.07) is 6.99. The lowest BCUT2D eigenvalue weighted by Crippen LogP contribution is -2.55. The Bertz CT molecular complexity index is 1040. The molecule has 0 radical (unpaired) electrons. The summed E-state index contributed by atoms with van der Waals surface area (Å²) in [6.45, 7) is 8.50. The van der Waals surface area contributed by atoms with Crippen molar-refractivity contribution < 1.29 is 27.8 Å². The number of fused-ring (bicyclic) bond motifs is 3. The van der Waals surface area contributed by atoms with Gasteiger partial charge in [-0.1, -0.05) is 17.2 Å². The van der Waals surface area contributed by atoms with E-state index in [1.165, 1.54) is 0 Å². The van der Waals surface area contributed by atoms with E-state index in [2.05, 4.69) is 12.6 Å². The summed E-state index contributed by atoms with van der Waals surface area (Å²) in [5.41, 5.74) is 0.986. The van der Waals surface area contributed by atoms with E-state index in [4.69, 9.17) is 32.1 Å². The number of rotatable bonds is 3. The molecule has 1 aromatic carbocycles. The second kappa shape index (κ2) is 8.88. The highest BCUT2D eigenvalue weighted by Gasteiger charge is 2.58. The number of carbonyl (C=O) groups excluding carboxylic acids is 2. The predicted molar refractivity (Wildman–Crippen MR) is 130 cm³/mol. The summed E-state index contributed by atoms with van der Waals surface area (Å²) < 4.78 is 16.7. The Morgan fingerprint density at radius 3 is 2.73 bits per heavy atom. The number of esters is 1. The van der Waals surface area contributed by atoms with Crippen LogP contribution in [0.4, 0.5) is 4.79 Å². The van der Waals surface area contributed by atoms with E-state index in [9.17, 15) is 9.59 Å². The van der Waals surface area contributed by atoms with Crippen LogP contribution in [0.5, 0.6) is 5.75 Å². The number of nitrogens with zero attached hydrogens (tertiary/aromatic N) is 3. The molecule has 3 aliphatic heterocycles. The molecule has 0 aromatic heterocycles. The molecule has 8 nitrogen and oxygen atoms in total. The van der Waals surface area contributed by atoms with Crippen LogP contribution in [-0.2, 0) is 14.3 Å². The lowest BCUT2D eigenvalue weighted by atomic mass is 9.92. The quantitative estimate of drug-likeness (QED) is 0.375. The molecule has 3 aliphatic rings. The van der Waals surface area contributed by atoms with E-state index >= 15 is 0 Å². The number of hydrogen-bond donors (Lipinski definition) is 2. The van der Waals surface area contributed by atoms with Crippen molar-refractivity contribution in [3.63, 3.8) is 0 Å². The molecule has 3 atom stereocenters. The number of likely N-dealkylation sites (tertiary alicyclic amines) is 1. The van der Waals surface area contributed by atoms with Gasteiger partial charge in [-0.05, 0) is 46.2 Å². The topological polar surface area (TPSA) is 77.4 Å². The van der Waals surface area contributed by atoms with Crippen molar-refractivity contribution in [2.75, 3.05) is 19.7 Å². The third kappa shape index (κ3) is 4.48. The maximum absolute atomic E-state index is 12.9. The fourth-order valence-corrected chi connectivity index (χ4v) is 5.37. The maximum atomic E-state index is 12.9. The Kier molecular flexibility index (Phi) is 6.45. The normalized spacial score (nSPS) is 26.7. The summed E-state index contributed by atoms with van der Waals surface area (Å²) in [5.74, 6) is 0.105. The summed E-state index contributed by atoms with van der Waals surface area (Å²) in [4.78, 5) is 27.3. The lowest BCUT2D eigenvalue weighted by molar-refractivity contribution is -0.848. The number of amides is 1. The standard InChI is InChI=1S/C23H29N3O5S2/c1-5-29-20(27)18-17-19(15-10-6-7-11-16(15)30-21(17)32)26(33,24-18)14-9-8-12-25(13-14)22(28)31-23(2,3)4/h6-7,10-11,14,19,33H,5,8-9,12-13H2,1-4H3/p+1. The minimum atomic E-state index is -0.587. The van der Waals surface area contributed by atoms with Gasteiger partial charge in [-0.25, -0.2) is 9.59 Å². The number of thiol groups is 2. The molecular weight excluding hydrogens is 462 g/mol. The van der Waals surface area contributed by atoms with Crippen molar-refractivity contribution in [1.29, 1.82) is 0 Å². The number of ether oxygens (including phenoxy) is 3. The van der Waals surface area contributed by atoms with E-state index in [0.29, 0.717) is 29.5 Å². The Labute approximate surface area is 205 Å². The smallest absolute Gasteiger partial charge is 0.410 e. The number of piperidine rings is 1. The van der Waals surface area contributed by atoms with Crippen molar-refractivity contribution in [2.45, 2.75) is 58.2 Å². The monoisotopic (exact) mass is 492 g/mol. The first-order valence-corrected chi connectivity index (χ1v) is 12.0. The molecule has 0 aliphatic carbocycles. The average molecular weight is 493 g/mol. The molecule has 0 spiro atoms. The Hall–Kier alpha value is -2.17. The zero-order valence-electron chi connectivity index (χ0n) is 19.3. The van der Waals surface area contributed by atoms with E-state index in [0.717, 1.165) is 18.4 Å². The number of benzene rings is 1. The Morgan fingerprint density at radius 2 is 2.03 bits per heavy atom. The van der Waals surface area contributed by atoms with Gasteiger partial charge in [0.2, 0.25) is 5.71 Å². The molecule has 33 heavy (non-hydrogen) atoms. The van der Waals surface area contributed by atoms with Gasteiger partial charge in [0.05, 0.1) is 31.5 Å². The summed E-state index contributed by atoms with van der Waals surface area (Å²) in [6.07, 6.45) is 1.18. The van der Waals surface area contributed by atoms with E-state index in [-0.39, 0.29) is 28.5 Å². The van der Waals surface area contributed by atoms with Crippen molar-refractivity contribution in [1.82, 2.24) is 4.90 Å². The molecule has 1 aromatic rings. The zero-order valence-corrected chi connectivity index (χ0v) is 21.1. The van der Waals surface area contributed by atoms with E-state index in [1.54, 1.807) is 11.8 Å². The molecule has 178 valence electrons. The van der Waals surface area contributed by atoms with Gasteiger partial charge >= 0.3 is 12.1 Å². The highest BCUT2D eigenvalue weighted by Crippen LogP contribution is 2.53. The number of quaternary nitrogens is 1. The van der Waals surface area contributed by atoms with Crippen LogP contribution in [0, 0.1) is 0 Å². The highest BCUT2D eigenvalue weighted by atomic mass is 32.1. The van der Waals surface area contributed by atoms with Gasteiger partial charge in [0.25, 0.3) is 0 Å². The van der Waals surface area contributed by atoms with Crippen molar-refractivity contribution in [3.8, 4) is 5.75 Å². The fraction of sp³-hybridized carbons (Fsp3) is 0.522. The molecule has 3 unspecified atom stereocenters. The van der Waals surface area contributed by atoms with Crippen molar-refractivity contribution in [2.24, 2.45) is 5.10 Å². The van der Waals surface area contributed by atoms with Crippen LogP contribution in [0.1, 0.15) is 52.1 Å². The molecular formula is C23H30N3O5S2+. The van der Waals surface area contributed by atoms with Gasteiger partial charge in [-0.2, -0.15) is 0 Å². The van der Waals surface area contributed by atoms with Crippen LogP contribution >= 0.6 is 25.4 Å². The van der Waals surface area contributed by atoms with Crippen molar-refractivity contribution in [3.05, 3.63) is 40.5 Å². The SMILES string of the molecule is CCOC(=O)C1=N[N+](S)(C2CCCN(C(=O)OC(C)(C)C)C2)C2C1=C(S)Oc1ccccc12.